The predicted octanol–water partition coefficient (Wildman–Crippen LogP) is 4.61. The summed E-state index contributed by atoms with van der Waals surface area (Å²) >= 11 is 0. The summed E-state index contributed by atoms with van der Waals surface area (Å²) in [6, 6.07) is 13.3. The number of carbonyl (C=O) groups excluding carboxylic acids is 1. The third-order valence-electron chi connectivity index (χ3n) is 5.37. The fourth-order valence-corrected chi connectivity index (χ4v) is 4.50. The van der Waals surface area contributed by atoms with E-state index < -0.39 is 8.07 Å². The summed E-state index contributed by atoms with van der Waals surface area (Å²) < 4.78 is 5.76. The highest BCUT2D eigenvalue weighted by Crippen LogP contribution is 2.39. The minimum Gasteiger partial charge on any atom is -0.399 e. The maximum absolute atomic E-state index is 12.2. The topological polar surface area (TPSA) is 83.0 Å². The Morgan fingerprint density at radius 3 is 2.50 bits per heavy atom. The number of anilines is 1. The van der Waals surface area contributed by atoms with Gasteiger partial charge in [0, 0.05) is 32.9 Å². The van der Waals surface area contributed by atoms with Crippen molar-refractivity contribution in [3.63, 3.8) is 0 Å². The highest BCUT2D eigenvalue weighted by atomic mass is 28.3. The molecule has 30 heavy (non-hydrogen) atoms. The van der Waals surface area contributed by atoms with E-state index in [9.17, 15) is 4.79 Å². The molecule has 1 aromatic heterocycles. The number of aromatic nitrogens is 3. The second-order valence-corrected chi connectivity index (χ2v) is 14.8. The molecule has 2 N–H and O–H groups in total. The molecule has 0 unspecified atom stereocenters. The van der Waals surface area contributed by atoms with Crippen LogP contribution in [-0.2, 0) is 17.9 Å². The van der Waals surface area contributed by atoms with Gasteiger partial charge in [0.2, 0.25) is 0 Å². The van der Waals surface area contributed by atoms with Crippen molar-refractivity contribution in [3.8, 4) is 22.4 Å². The lowest BCUT2D eigenvalue weighted by Gasteiger charge is -2.14. The molecule has 0 radical (unpaired) electrons. The molecule has 0 atom stereocenters. The van der Waals surface area contributed by atoms with Crippen LogP contribution in [0, 0.1) is 0 Å². The monoisotopic (exact) mass is 420 g/mol. The number of Topliss-reactive ketones (excluding diaryl/α,β-unsaturated/α-hetero) is 1. The van der Waals surface area contributed by atoms with E-state index in [0.29, 0.717) is 18.0 Å². The Balaban J connectivity index is 1.58. The zero-order chi connectivity index (χ0) is 21.5. The fraction of sp³-hybridized carbons (Fsp3) is 0.348. The molecule has 2 aromatic carbocycles. The number of nitrogen functional groups attached to an aromatic ring is 1. The fourth-order valence-electron chi connectivity index (χ4n) is 3.74. The van der Waals surface area contributed by atoms with Gasteiger partial charge in [0.1, 0.15) is 5.69 Å². The molecule has 0 saturated carbocycles. The first kappa shape index (κ1) is 20.5. The van der Waals surface area contributed by atoms with E-state index in [1.807, 2.05) is 18.2 Å². The lowest BCUT2D eigenvalue weighted by Crippen LogP contribution is -2.22. The summed E-state index contributed by atoms with van der Waals surface area (Å²) in [4.78, 5) is 13.7. The summed E-state index contributed by atoms with van der Waals surface area (Å²) in [5.74, 6) is -0.102. The largest absolute Gasteiger partial charge is 0.399 e. The molecule has 0 fully saturated rings. The highest BCUT2D eigenvalue weighted by Gasteiger charge is 2.22. The van der Waals surface area contributed by atoms with E-state index in [2.05, 4.69) is 48.0 Å². The maximum atomic E-state index is 12.2. The van der Waals surface area contributed by atoms with Gasteiger partial charge in [-0.25, -0.2) is 0 Å². The van der Waals surface area contributed by atoms with Crippen molar-refractivity contribution >= 4 is 19.5 Å². The van der Waals surface area contributed by atoms with Crippen molar-refractivity contribution in [1.29, 1.82) is 0 Å². The van der Waals surface area contributed by atoms with Crippen molar-refractivity contribution in [2.45, 2.75) is 45.8 Å². The average molecular weight is 421 g/mol. The number of rotatable bonds is 7. The van der Waals surface area contributed by atoms with Crippen LogP contribution in [0.3, 0.4) is 0 Å². The lowest BCUT2D eigenvalue weighted by atomic mass is 10.0. The molecule has 1 aliphatic rings. The first-order chi connectivity index (χ1) is 14.2. The minimum atomic E-state index is -1.15. The Hall–Kier alpha value is -2.77. The molecule has 0 aliphatic heterocycles. The van der Waals surface area contributed by atoms with Crippen molar-refractivity contribution in [1.82, 2.24) is 15.0 Å². The Morgan fingerprint density at radius 2 is 1.80 bits per heavy atom. The quantitative estimate of drug-likeness (QED) is 0.204. The molecule has 0 amide bonds. The number of hydrogen-bond donors (Lipinski definition) is 1. The predicted molar refractivity (Wildman–Crippen MR) is 122 cm³/mol. The van der Waals surface area contributed by atoms with Gasteiger partial charge in [0.25, 0.3) is 0 Å². The smallest absolute Gasteiger partial charge is 0.182 e. The van der Waals surface area contributed by atoms with Gasteiger partial charge in [-0.1, -0.05) is 37.8 Å². The van der Waals surface area contributed by atoms with E-state index in [1.54, 1.807) is 0 Å². The van der Waals surface area contributed by atoms with Crippen LogP contribution in [-0.4, -0.2) is 35.5 Å². The van der Waals surface area contributed by atoms with Crippen LogP contribution in [0.25, 0.3) is 22.4 Å². The van der Waals surface area contributed by atoms with Crippen LogP contribution in [0.15, 0.2) is 36.4 Å². The van der Waals surface area contributed by atoms with Gasteiger partial charge in [-0.05, 0) is 52.9 Å². The minimum absolute atomic E-state index is 0.102. The molecule has 3 aromatic rings. The molecule has 0 spiro atoms. The molecule has 1 heterocycles. The normalized spacial score (nSPS) is 12.7. The van der Waals surface area contributed by atoms with Gasteiger partial charge in [-0.2, -0.15) is 9.90 Å². The highest BCUT2D eigenvalue weighted by molar-refractivity contribution is 6.76. The number of hydrogen-bond acceptors (Lipinski definition) is 5. The average Bonchev–Trinajstić information content (AvgIpc) is 3.24. The number of carbonyl (C=O) groups is 1. The number of ketones is 1. The molecule has 6 nitrogen and oxygen atoms in total. The Morgan fingerprint density at radius 1 is 1.10 bits per heavy atom. The summed E-state index contributed by atoms with van der Waals surface area (Å²) in [5.41, 5.74) is 13.5. The van der Waals surface area contributed by atoms with Crippen LogP contribution in [0.5, 0.6) is 0 Å². The van der Waals surface area contributed by atoms with E-state index in [4.69, 9.17) is 10.5 Å². The van der Waals surface area contributed by atoms with Crippen LogP contribution in [0.2, 0.25) is 25.7 Å². The second kappa shape index (κ2) is 7.81. The summed E-state index contributed by atoms with van der Waals surface area (Å²) in [5, 5.41) is 8.97. The van der Waals surface area contributed by atoms with E-state index in [0.717, 1.165) is 23.7 Å². The standard InChI is InChI=1S/C23H28N4O2Si/c1-15(28)22-23(26-27(25-22)14-29-9-10-30(2,3)4)16-5-7-20-17(11-16)12-18-13-19(24)6-8-21(18)20/h5-8,11,13H,9-10,12,14,24H2,1-4H3. The Labute approximate surface area is 178 Å². The first-order valence-electron chi connectivity index (χ1n) is 10.3. The molecule has 156 valence electrons. The van der Waals surface area contributed by atoms with E-state index in [1.165, 1.54) is 34.0 Å². The van der Waals surface area contributed by atoms with E-state index in [-0.39, 0.29) is 12.5 Å². The third-order valence-corrected chi connectivity index (χ3v) is 7.07. The number of nitrogens with zero attached hydrogens (tertiary/aromatic N) is 3. The van der Waals surface area contributed by atoms with Gasteiger partial charge in [-0.3, -0.25) is 4.79 Å². The van der Waals surface area contributed by atoms with Crippen molar-refractivity contribution in [2.75, 3.05) is 12.3 Å². The molecular weight excluding hydrogens is 392 g/mol. The zero-order valence-electron chi connectivity index (χ0n) is 18.0. The zero-order valence-corrected chi connectivity index (χ0v) is 19.0. The van der Waals surface area contributed by atoms with Gasteiger partial charge in [0.05, 0.1) is 0 Å². The molecule has 7 heteroatoms. The summed E-state index contributed by atoms with van der Waals surface area (Å²) in [6.45, 7) is 9.40. The maximum Gasteiger partial charge on any atom is 0.182 e. The Bertz CT molecular complexity index is 1110. The van der Waals surface area contributed by atoms with Crippen LogP contribution in [0.4, 0.5) is 5.69 Å². The van der Waals surface area contributed by atoms with Crippen molar-refractivity contribution in [3.05, 3.63) is 53.2 Å². The Kier molecular flexibility index (Phi) is 5.34. The number of benzene rings is 2. The molecule has 1 aliphatic carbocycles. The third kappa shape index (κ3) is 4.22. The second-order valence-electron chi connectivity index (χ2n) is 9.14. The van der Waals surface area contributed by atoms with Crippen LogP contribution in [0.1, 0.15) is 28.5 Å². The number of nitrogens with two attached hydrogens (primary N) is 1. The van der Waals surface area contributed by atoms with Crippen LogP contribution < -0.4 is 5.73 Å². The number of ether oxygens (including phenoxy) is 1. The van der Waals surface area contributed by atoms with Crippen molar-refractivity contribution < 1.29 is 9.53 Å². The van der Waals surface area contributed by atoms with Gasteiger partial charge in [0.15, 0.2) is 18.2 Å². The summed E-state index contributed by atoms with van der Waals surface area (Å²) in [6.07, 6.45) is 0.826. The molecule has 0 bridgehead atoms. The van der Waals surface area contributed by atoms with E-state index >= 15 is 0 Å². The SMILES string of the molecule is CC(=O)c1nn(COCC[Si](C)(C)C)nc1-c1ccc2c(c1)Cc1cc(N)ccc1-2. The van der Waals surface area contributed by atoms with Crippen LogP contribution >= 0.6 is 0 Å². The lowest BCUT2D eigenvalue weighted by molar-refractivity contribution is 0.0682. The summed E-state index contributed by atoms with van der Waals surface area (Å²) in [7, 11) is -1.15. The van der Waals surface area contributed by atoms with Gasteiger partial charge >= 0.3 is 0 Å². The molecule has 4 rings (SSSR count). The number of fused-ring (bicyclic) bond motifs is 3. The van der Waals surface area contributed by atoms with Gasteiger partial charge < -0.3 is 10.5 Å². The van der Waals surface area contributed by atoms with Crippen molar-refractivity contribution in [2.24, 2.45) is 0 Å². The molecule has 0 saturated heterocycles. The van der Waals surface area contributed by atoms with Gasteiger partial charge in [-0.15, -0.1) is 5.10 Å². The first-order valence-corrected chi connectivity index (χ1v) is 14.0. The molecular formula is C23H28N4O2Si.